The number of aromatic nitrogens is 1. The van der Waals surface area contributed by atoms with Gasteiger partial charge in [0.2, 0.25) is 0 Å². The molecule has 8 heteroatoms. The van der Waals surface area contributed by atoms with Gasteiger partial charge in [0.05, 0.1) is 5.02 Å². The molecule has 0 saturated carbocycles. The molecule has 0 fully saturated rings. The summed E-state index contributed by atoms with van der Waals surface area (Å²) in [6.07, 6.45) is 4.03. The number of hydrogen-bond donors (Lipinski definition) is 1. The first-order chi connectivity index (χ1) is 15.7. The van der Waals surface area contributed by atoms with Gasteiger partial charge in [-0.1, -0.05) is 29.8 Å². The minimum Gasteiger partial charge on any atom is -0.487 e. The van der Waals surface area contributed by atoms with Gasteiger partial charge in [0.25, 0.3) is 5.91 Å². The molecule has 2 atom stereocenters. The van der Waals surface area contributed by atoms with E-state index in [0.717, 1.165) is 16.7 Å². The van der Waals surface area contributed by atoms with Crippen LogP contribution in [0.15, 0.2) is 65.9 Å². The number of aliphatic imine (C=N–C) groups is 1. The fourth-order valence-electron chi connectivity index (χ4n) is 4.75. The number of guanidine groups is 1. The molecule has 1 unspecified atom stereocenters. The van der Waals surface area contributed by atoms with E-state index in [9.17, 15) is 9.18 Å². The molecule has 1 aromatic heterocycles. The zero-order valence-electron chi connectivity index (χ0n) is 18.2. The van der Waals surface area contributed by atoms with Gasteiger partial charge in [-0.15, -0.1) is 0 Å². The lowest BCUT2D eigenvalue weighted by Gasteiger charge is -2.43. The molecule has 0 aliphatic carbocycles. The number of carbonyl (C=O) groups is 1. The maximum absolute atomic E-state index is 13.5. The SMILES string of the molecule is CN1C(=O)C2(C[C@@](C)(Cc3ccc(F)cc3)Oc3ccc(-c4cncc(Cl)c4)cc32)N=C1N. The highest BCUT2D eigenvalue weighted by Crippen LogP contribution is 2.50. The molecule has 2 aromatic carbocycles. The van der Waals surface area contributed by atoms with Gasteiger partial charge in [-0.2, -0.15) is 0 Å². The number of likely N-dealkylation sites (N-methyl/N-ethyl adjacent to an activating group) is 1. The summed E-state index contributed by atoms with van der Waals surface area (Å²) in [6, 6.07) is 13.7. The number of pyridine rings is 1. The molecule has 3 aromatic rings. The molecule has 2 N–H and O–H groups in total. The van der Waals surface area contributed by atoms with E-state index in [2.05, 4.69) is 9.98 Å². The van der Waals surface area contributed by atoms with Crippen molar-refractivity contribution in [1.29, 1.82) is 0 Å². The number of amides is 1. The van der Waals surface area contributed by atoms with Crippen molar-refractivity contribution in [3.05, 3.63) is 82.9 Å². The first-order valence-corrected chi connectivity index (χ1v) is 10.9. The number of hydrogen-bond acceptors (Lipinski definition) is 5. The molecule has 0 saturated heterocycles. The standard InChI is InChI=1S/C25H22ClFN4O2/c1-24(11-15-3-6-19(27)7-4-15)14-25(22(32)31(2)23(28)30-25)20-10-16(5-8-21(20)33-24)17-9-18(26)13-29-12-17/h3-10,12-13H,11,14H2,1-2H3,(H2,28,30)/t24-,25?/m1/s1. The van der Waals surface area contributed by atoms with Crippen LogP contribution in [0.1, 0.15) is 24.5 Å². The van der Waals surface area contributed by atoms with Crippen molar-refractivity contribution >= 4 is 23.5 Å². The molecule has 1 spiro atoms. The van der Waals surface area contributed by atoms with Crippen molar-refractivity contribution in [3.63, 3.8) is 0 Å². The molecule has 2 aliphatic rings. The van der Waals surface area contributed by atoms with Crippen LogP contribution in [0, 0.1) is 5.82 Å². The number of fused-ring (bicyclic) bond motifs is 2. The van der Waals surface area contributed by atoms with Crippen LogP contribution < -0.4 is 10.5 Å². The highest BCUT2D eigenvalue weighted by Gasteiger charge is 2.56. The van der Waals surface area contributed by atoms with Gasteiger partial charge in [0, 0.05) is 43.4 Å². The Labute approximate surface area is 195 Å². The van der Waals surface area contributed by atoms with Crippen LogP contribution in [0.4, 0.5) is 4.39 Å². The Bertz CT molecular complexity index is 1300. The molecule has 2 aliphatic heterocycles. The van der Waals surface area contributed by atoms with Gasteiger partial charge in [0.15, 0.2) is 11.5 Å². The molecule has 0 bridgehead atoms. The highest BCUT2D eigenvalue weighted by atomic mass is 35.5. The first kappa shape index (κ1) is 21.4. The van der Waals surface area contributed by atoms with Crippen LogP contribution in [-0.2, 0) is 16.8 Å². The Balaban J connectivity index is 1.63. The lowest BCUT2D eigenvalue weighted by atomic mass is 9.74. The molecule has 1 amide bonds. The number of ether oxygens (including phenoxy) is 1. The van der Waals surface area contributed by atoms with Crippen molar-refractivity contribution in [3.8, 4) is 16.9 Å². The maximum atomic E-state index is 13.5. The first-order valence-electron chi connectivity index (χ1n) is 10.5. The van der Waals surface area contributed by atoms with Crippen LogP contribution in [0.25, 0.3) is 11.1 Å². The normalized spacial score (nSPS) is 23.9. The Kier molecular flexibility index (Phi) is 4.90. The van der Waals surface area contributed by atoms with Crippen LogP contribution in [0.3, 0.4) is 0 Å². The van der Waals surface area contributed by atoms with Gasteiger partial charge >= 0.3 is 0 Å². The molecule has 6 nitrogen and oxygen atoms in total. The lowest BCUT2D eigenvalue weighted by molar-refractivity contribution is -0.133. The summed E-state index contributed by atoms with van der Waals surface area (Å²) in [5.41, 5.74) is 7.31. The summed E-state index contributed by atoms with van der Waals surface area (Å²) in [5.74, 6) is 0.205. The summed E-state index contributed by atoms with van der Waals surface area (Å²) in [5, 5.41) is 0.516. The molecule has 168 valence electrons. The van der Waals surface area contributed by atoms with Crippen molar-refractivity contribution in [2.45, 2.75) is 30.9 Å². The topological polar surface area (TPSA) is 80.8 Å². The zero-order chi connectivity index (χ0) is 23.4. The van der Waals surface area contributed by atoms with E-state index in [1.165, 1.54) is 17.0 Å². The van der Waals surface area contributed by atoms with E-state index in [0.29, 0.717) is 22.8 Å². The summed E-state index contributed by atoms with van der Waals surface area (Å²) >= 11 is 6.13. The van der Waals surface area contributed by atoms with Crippen LogP contribution >= 0.6 is 11.6 Å². The third-order valence-electron chi connectivity index (χ3n) is 6.25. The third-order valence-corrected chi connectivity index (χ3v) is 6.46. The summed E-state index contributed by atoms with van der Waals surface area (Å²) < 4.78 is 19.9. The van der Waals surface area contributed by atoms with Gasteiger partial charge in [-0.05, 0) is 48.4 Å². The fourth-order valence-corrected chi connectivity index (χ4v) is 4.93. The second-order valence-electron chi connectivity index (χ2n) is 8.83. The predicted octanol–water partition coefficient (Wildman–Crippen LogP) is 4.31. The largest absolute Gasteiger partial charge is 0.487 e. The highest BCUT2D eigenvalue weighted by molar-refractivity contribution is 6.30. The lowest BCUT2D eigenvalue weighted by Crippen LogP contribution is -2.51. The molecule has 5 rings (SSSR count). The monoisotopic (exact) mass is 464 g/mol. The second kappa shape index (κ2) is 7.56. The van der Waals surface area contributed by atoms with Crippen molar-refractivity contribution in [1.82, 2.24) is 9.88 Å². The number of carbonyl (C=O) groups excluding carboxylic acids is 1. The second-order valence-corrected chi connectivity index (χ2v) is 9.27. The van der Waals surface area contributed by atoms with Crippen molar-refractivity contribution in [2.75, 3.05) is 7.05 Å². The summed E-state index contributed by atoms with van der Waals surface area (Å²) in [4.78, 5) is 23.8. The van der Waals surface area contributed by atoms with E-state index in [1.807, 2.05) is 31.2 Å². The number of nitrogens with zero attached hydrogens (tertiary/aromatic N) is 3. The van der Waals surface area contributed by atoms with E-state index in [4.69, 9.17) is 22.1 Å². The summed E-state index contributed by atoms with van der Waals surface area (Å²) in [7, 11) is 1.62. The van der Waals surface area contributed by atoms with E-state index in [1.54, 1.807) is 31.6 Å². The Morgan fingerprint density at radius 2 is 1.91 bits per heavy atom. The third kappa shape index (κ3) is 3.62. The zero-order valence-corrected chi connectivity index (χ0v) is 18.9. The van der Waals surface area contributed by atoms with E-state index < -0.39 is 11.1 Å². The average molecular weight is 465 g/mol. The summed E-state index contributed by atoms with van der Waals surface area (Å²) in [6.45, 7) is 1.94. The van der Waals surface area contributed by atoms with Crippen LogP contribution in [0.5, 0.6) is 5.75 Å². The fraction of sp³-hybridized carbons (Fsp3) is 0.240. The quantitative estimate of drug-likeness (QED) is 0.626. The predicted molar refractivity (Wildman–Crippen MR) is 125 cm³/mol. The smallest absolute Gasteiger partial charge is 0.261 e. The van der Waals surface area contributed by atoms with Crippen LogP contribution in [-0.4, -0.2) is 34.4 Å². The molecular weight excluding hydrogens is 443 g/mol. The molecular formula is C25H22ClFN4O2. The van der Waals surface area contributed by atoms with Gasteiger partial charge in [-0.25, -0.2) is 9.38 Å². The minimum absolute atomic E-state index is 0.159. The van der Waals surface area contributed by atoms with E-state index >= 15 is 0 Å². The Morgan fingerprint density at radius 3 is 2.58 bits per heavy atom. The number of nitrogens with two attached hydrogens (primary N) is 1. The van der Waals surface area contributed by atoms with Crippen LogP contribution in [0.2, 0.25) is 5.02 Å². The Morgan fingerprint density at radius 1 is 1.15 bits per heavy atom. The number of rotatable bonds is 3. The molecule has 33 heavy (non-hydrogen) atoms. The van der Waals surface area contributed by atoms with Gasteiger partial charge in [-0.3, -0.25) is 14.7 Å². The molecule has 3 heterocycles. The maximum Gasteiger partial charge on any atom is 0.261 e. The van der Waals surface area contributed by atoms with Crippen molar-refractivity contribution < 1.29 is 13.9 Å². The van der Waals surface area contributed by atoms with Gasteiger partial charge < -0.3 is 10.5 Å². The van der Waals surface area contributed by atoms with E-state index in [-0.39, 0.29) is 24.1 Å². The average Bonchev–Trinajstić information content (AvgIpc) is 2.99. The number of benzene rings is 2. The Hall–Kier alpha value is -3.45. The van der Waals surface area contributed by atoms with Gasteiger partial charge in [0.1, 0.15) is 17.2 Å². The minimum atomic E-state index is -1.22. The number of halogens is 2. The van der Waals surface area contributed by atoms with Crippen molar-refractivity contribution in [2.24, 2.45) is 10.7 Å². The molecule has 0 radical (unpaired) electrons.